The average molecular weight is 359 g/mol. The summed E-state index contributed by atoms with van der Waals surface area (Å²) in [6, 6.07) is 1.09. The molecule has 4 rings (SSSR count). The molecule has 1 atom stereocenters. The normalized spacial score (nSPS) is 25.9. The Hall–Kier alpha value is -1.73. The molecular weight excluding hydrogens is 334 g/mol. The Balaban J connectivity index is 1.63. The van der Waals surface area contributed by atoms with Crippen molar-refractivity contribution in [3.8, 4) is 0 Å². The van der Waals surface area contributed by atoms with Crippen LogP contribution in [0.2, 0.25) is 0 Å². The lowest BCUT2D eigenvalue weighted by atomic mass is 9.91. The first-order chi connectivity index (χ1) is 12.2. The summed E-state index contributed by atoms with van der Waals surface area (Å²) < 4.78 is 0. The van der Waals surface area contributed by atoms with Crippen LogP contribution in [0.1, 0.15) is 54.9 Å². The highest BCUT2D eigenvalue weighted by Crippen LogP contribution is 2.46. The largest absolute Gasteiger partial charge is 0.370 e. The number of nitrogens with zero attached hydrogens (tertiary/aromatic N) is 2. The molecule has 4 N–H and O–H groups in total. The first-order valence-electron chi connectivity index (χ1n) is 9.14. The van der Waals surface area contributed by atoms with Gasteiger partial charge in [-0.2, -0.15) is 0 Å². The van der Waals surface area contributed by atoms with Gasteiger partial charge in [-0.1, -0.05) is 0 Å². The van der Waals surface area contributed by atoms with Gasteiger partial charge in [0.15, 0.2) is 0 Å². The van der Waals surface area contributed by atoms with Crippen LogP contribution in [0.15, 0.2) is 6.33 Å². The third-order valence-corrected chi connectivity index (χ3v) is 6.83. The molecule has 2 aliphatic carbocycles. The molecule has 2 aliphatic rings. The lowest BCUT2D eigenvalue weighted by molar-refractivity contribution is -0.118. The van der Waals surface area contributed by atoms with Gasteiger partial charge in [-0.05, 0) is 57.1 Å². The van der Waals surface area contributed by atoms with Crippen LogP contribution in [-0.4, -0.2) is 35.0 Å². The molecule has 2 aromatic heterocycles. The van der Waals surface area contributed by atoms with Crippen molar-refractivity contribution in [3.05, 3.63) is 16.8 Å². The molecular formula is C18H25N5OS. The Morgan fingerprint density at radius 1 is 1.24 bits per heavy atom. The van der Waals surface area contributed by atoms with Gasteiger partial charge in [0.1, 0.15) is 17.0 Å². The predicted molar refractivity (Wildman–Crippen MR) is 101 cm³/mol. The van der Waals surface area contributed by atoms with Crippen LogP contribution in [0.5, 0.6) is 0 Å². The number of nitrogens with two attached hydrogens (primary N) is 1. The lowest BCUT2D eigenvalue weighted by Gasteiger charge is -2.29. The Kier molecular flexibility index (Phi) is 4.60. The van der Waals surface area contributed by atoms with Crippen LogP contribution in [0.4, 0.5) is 5.82 Å². The number of hydrogen-bond donors (Lipinski definition) is 3. The monoisotopic (exact) mass is 359 g/mol. The number of rotatable bonds is 5. The van der Waals surface area contributed by atoms with E-state index < -0.39 is 0 Å². The Morgan fingerprint density at radius 3 is 2.72 bits per heavy atom. The summed E-state index contributed by atoms with van der Waals surface area (Å²) in [7, 11) is 2.04. The maximum atomic E-state index is 11.5. The van der Waals surface area contributed by atoms with Gasteiger partial charge < -0.3 is 16.4 Å². The topological polar surface area (TPSA) is 92.9 Å². The zero-order valence-electron chi connectivity index (χ0n) is 14.5. The highest BCUT2D eigenvalue weighted by atomic mass is 32.1. The maximum Gasteiger partial charge on any atom is 0.218 e. The molecule has 0 bridgehead atoms. The zero-order valence-corrected chi connectivity index (χ0v) is 15.4. The second-order valence-electron chi connectivity index (χ2n) is 7.23. The molecule has 2 heterocycles. The molecule has 6 nitrogen and oxygen atoms in total. The lowest BCUT2D eigenvalue weighted by Crippen LogP contribution is -2.35. The van der Waals surface area contributed by atoms with E-state index in [-0.39, 0.29) is 11.8 Å². The molecule has 2 aromatic rings. The number of hydrogen-bond acceptors (Lipinski definition) is 6. The standard InChI is InChI=1S/C18H25N5OS/c1-20-11-3-5-12(6-4-11)23-17-16-15-10(8-14(19)24)2-7-13(15)25-18(16)22-9-21-17/h9-12,20H,2-8H2,1H3,(H2,19,24)(H,21,22,23)/t10-,11?,12?/m1/s1. The van der Waals surface area contributed by atoms with Crippen LogP contribution in [-0.2, 0) is 11.2 Å². The molecule has 7 heteroatoms. The summed E-state index contributed by atoms with van der Waals surface area (Å²) in [6.45, 7) is 0. The zero-order chi connectivity index (χ0) is 17.4. The van der Waals surface area contributed by atoms with E-state index in [1.807, 2.05) is 7.05 Å². The summed E-state index contributed by atoms with van der Waals surface area (Å²) in [6.07, 6.45) is 8.76. The van der Waals surface area contributed by atoms with Crippen molar-refractivity contribution >= 4 is 33.3 Å². The van der Waals surface area contributed by atoms with Gasteiger partial charge in [0.2, 0.25) is 5.91 Å². The summed E-state index contributed by atoms with van der Waals surface area (Å²) in [5.41, 5.74) is 6.74. The fourth-order valence-electron chi connectivity index (χ4n) is 4.34. The number of nitrogens with one attached hydrogen (secondary N) is 2. The molecule has 0 unspecified atom stereocenters. The third kappa shape index (κ3) is 3.22. The van der Waals surface area contributed by atoms with Crippen LogP contribution in [0.25, 0.3) is 10.2 Å². The van der Waals surface area contributed by atoms with Gasteiger partial charge >= 0.3 is 0 Å². The van der Waals surface area contributed by atoms with E-state index in [0.29, 0.717) is 18.5 Å². The van der Waals surface area contributed by atoms with Gasteiger partial charge in [0, 0.05) is 23.4 Å². The summed E-state index contributed by atoms with van der Waals surface area (Å²) in [5, 5.41) is 8.17. The van der Waals surface area contributed by atoms with E-state index in [0.717, 1.165) is 41.7 Å². The van der Waals surface area contributed by atoms with Crippen molar-refractivity contribution in [2.75, 3.05) is 12.4 Å². The van der Waals surface area contributed by atoms with E-state index in [9.17, 15) is 4.79 Å². The average Bonchev–Trinajstić information content (AvgIpc) is 3.15. The van der Waals surface area contributed by atoms with E-state index in [2.05, 4.69) is 20.6 Å². The smallest absolute Gasteiger partial charge is 0.218 e. The highest BCUT2D eigenvalue weighted by Gasteiger charge is 2.31. The molecule has 1 fully saturated rings. The molecule has 0 aliphatic heterocycles. The van der Waals surface area contributed by atoms with Crippen molar-refractivity contribution in [2.24, 2.45) is 5.73 Å². The predicted octanol–water partition coefficient (Wildman–Crippen LogP) is 2.54. The van der Waals surface area contributed by atoms with Gasteiger partial charge in [0.05, 0.1) is 5.39 Å². The fraction of sp³-hybridized carbons (Fsp3) is 0.611. The SMILES string of the molecule is CNC1CCC(Nc2ncnc3sc4c(c23)[C@@H](CC(N)=O)CC4)CC1. The number of amides is 1. The van der Waals surface area contributed by atoms with Gasteiger partial charge in [-0.25, -0.2) is 9.97 Å². The van der Waals surface area contributed by atoms with E-state index in [1.165, 1.54) is 23.3 Å². The van der Waals surface area contributed by atoms with Gasteiger partial charge in [-0.15, -0.1) is 11.3 Å². The second kappa shape index (κ2) is 6.88. The molecule has 1 saturated carbocycles. The Bertz CT molecular complexity index is 781. The number of fused-ring (bicyclic) bond motifs is 3. The minimum absolute atomic E-state index is 0.216. The minimum atomic E-state index is -0.228. The molecule has 0 radical (unpaired) electrons. The fourth-order valence-corrected chi connectivity index (χ4v) is 5.58. The number of carbonyl (C=O) groups is 1. The second-order valence-corrected chi connectivity index (χ2v) is 8.31. The van der Waals surface area contributed by atoms with Gasteiger partial charge in [0.25, 0.3) is 0 Å². The first-order valence-corrected chi connectivity index (χ1v) is 9.95. The maximum absolute atomic E-state index is 11.5. The number of aromatic nitrogens is 2. The highest BCUT2D eigenvalue weighted by molar-refractivity contribution is 7.19. The van der Waals surface area contributed by atoms with Crippen LogP contribution in [0, 0.1) is 0 Å². The number of aryl methyl sites for hydroxylation is 1. The van der Waals surface area contributed by atoms with Crippen molar-refractivity contribution < 1.29 is 4.79 Å². The molecule has 0 saturated heterocycles. The quantitative estimate of drug-likeness (QED) is 0.763. The Morgan fingerprint density at radius 2 is 2.00 bits per heavy atom. The molecule has 1 amide bonds. The number of anilines is 1. The summed E-state index contributed by atoms with van der Waals surface area (Å²) in [5.74, 6) is 0.925. The van der Waals surface area contributed by atoms with Crippen LogP contribution >= 0.6 is 11.3 Å². The van der Waals surface area contributed by atoms with E-state index >= 15 is 0 Å². The van der Waals surface area contributed by atoms with Crippen molar-refractivity contribution in [1.82, 2.24) is 15.3 Å². The summed E-state index contributed by atoms with van der Waals surface area (Å²) in [4.78, 5) is 22.9. The van der Waals surface area contributed by atoms with Crippen molar-refractivity contribution in [1.29, 1.82) is 0 Å². The van der Waals surface area contributed by atoms with E-state index in [1.54, 1.807) is 17.7 Å². The van der Waals surface area contributed by atoms with Crippen LogP contribution in [0.3, 0.4) is 0 Å². The molecule has 0 spiro atoms. The van der Waals surface area contributed by atoms with E-state index in [4.69, 9.17) is 5.73 Å². The number of carbonyl (C=O) groups excluding carboxylic acids is 1. The van der Waals surface area contributed by atoms with Crippen molar-refractivity contribution in [2.45, 2.75) is 62.9 Å². The third-order valence-electron chi connectivity index (χ3n) is 5.65. The first kappa shape index (κ1) is 16.7. The molecule has 0 aromatic carbocycles. The number of primary amides is 1. The summed E-state index contributed by atoms with van der Waals surface area (Å²) >= 11 is 1.74. The van der Waals surface area contributed by atoms with Crippen LogP contribution < -0.4 is 16.4 Å². The minimum Gasteiger partial charge on any atom is -0.370 e. The molecule has 134 valence electrons. The number of thiophene rings is 1. The Labute approximate surface area is 151 Å². The van der Waals surface area contributed by atoms with Gasteiger partial charge in [-0.3, -0.25) is 4.79 Å². The molecule has 25 heavy (non-hydrogen) atoms. The van der Waals surface area contributed by atoms with Crippen molar-refractivity contribution in [3.63, 3.8) is 0 Å².